The van der Waals surface area contributed by atoms with Gasteiger partial charge >= 0.3 is 0 Å². The van der Waals surface area contributed by atoms with Crippen molar-refractivity contribution in [2.24, 2.45) is 11.5 Å². The van der Waals surface area contributed by atoms with E-state index in [-0.39, 0.29) is 37.0 Å². The lowest BCUT2D eigenvalue weighted by atomic mass is 10.0. The summed E-state index contributed by atoms with van der Waals surface area (Å²) < 4.78 is 0. The third-order valence-corrected chi connectivity index (χ3v) is 7.74. The Hall–Kier alpha value is -3.85. The van der Waals surface area contributed by atoms with Crippen LogP contribution in [-0.4, -0.2) is 106 Å². The minimum absolute atomic E-state index is 0.0640. The molecule has 2 aliphatic rings. The van der Waals surface area contributed by atoms with Crippen molar-refractivity contribution in [3.63, 3.8) is 0 Å². The van der Waals surface area contributed by atoms with Crippen LogP contribution in [0.1, 0.15) is 25.3 Å². The molecule has 2 fully saturated rings. The molecule has 6 amide bonds. The molecule has 0 bridgehead atoms. The molecule has 1 aromatic rings. The van der Waals surface area contributed by atoms with E-state index in [0.29, 0.717) is 30.7 Å². The van der Waals surface area contributed by atoms with E-state index in [2.05, 4.69) is 16.0 Å². The Morgan fingerprint density at radius 2 is 1.77 bits per heavy atom. The first kappa shape index (κ1) is 30.7. The van der Waals surface area contributed by atoms with E-state index in [9.17, 15) is 33.9 Å². The zero-order chi connectivity index (χ0) is 29.4. The van der Waals surface area contributed by atoms with Crippen molar-refractivity contribution < 1.29 is 33.9 Å². The number of carbonyl (C=O) groups excluding carboxylic acids is 6. The molecule has 1 aromatic carbocycles. The number of phenolic OH excluding ortho intramolecular Hbond substituents is 1. The first-order valence-electron chi connectivity index (χ1n) is 12.8. The molecule has 0 unspecified atom stereocenters. The van der Waals surface area contributed by atoms with Gasteiger partial charge in [-0.15, -0.1) is 11.8 Å². The molecular weight excluding hydrogens is 542 g/mol. The number of aromatic hydroxyl groups is 1. The molecule has 218 valence electrons. The number of nitrogens with zero attached hydrogens (tertiary/aromatic N) is 2. The Kier molecular flexibility index (Phi) is 10.7. The summed E-state index contributed by atoms with van der Waals surface area (Å²) in [5, 5.41) is 17.0. The van der Waals surface area contributed by atoms with E-state index < -0.39 is 53.7 Å². The molecule has 0 aliphatic carbocycles. The molecule has 14 nitrogen and oxygen atoms in total. The average Bonchev–Trinajstić information content (AvgIpc) is 3.62. The lowest BCUT2D eigenvalue weighted by Gasteiger charge is -2.31. The number of likely N-dealkylation sites (tertiary alicyclic amines) is 1. The third-order valence-electron chi connectivity index (χ3n) is 6.73. The fourth-order valence-electron chi connectivity index (χ4n) is 4.53. The maximum atomic E-state index is 13.5. The Balaban J connectivity index is 1.60. The number of primary amides is 1. The Morgan fingerprint density at radius 1 is 1.07 bits per heavy atom. The molecule has 3 rings (SSSR count). The number of nitrogens with two attached hydrogens (primary N) is 2. The van der Waals surface area contributed by atoms with E-state index >= 15 is 0 Å². The second-order valence-corrected chi connectivity index (χ2v) is 10.6. The van der Waals surface area contributed by atoms with Gasteiger partial charge in [-0.2, -0.15) is 0 Å². The SMILES string of the molecule is C[C@H](NC(=O)CN)C(=O)NCC(=O)N1CSC[C@H]1C(=O)N1CCC[C@H]1C(=O)N[C@@H](Cc1ccc(O)cc1)C(N)=O. The number of thioether (sulfide) groups is 1. The van der Waals surface area contributed by atoms with Gasteiger partial charge in [0, 0.05) is 18.7 Å². The highest BCUT2D eigenvalue weighted by Gasteiger charge is 2.43. The van der Waals surface area contributed by atoms with Gasteiger partial charge in [0.05, 0.1) is 19.0 Å². The largest absolute Gasteiger partial charge is 0.508 e. The Labute approximate surface area is 235 Å². The molecule has 15 heteroatoms. The zero-order valence-electron chi connectivity index (χ0n) is 22.1. The minimum atomic E-state index is -1.02. The number of carbonyl (C=O) groups is 6. The number of benzene rings is 1. The van der Waals surface area contributed by atoms with Gasteiger partial charge in [-0.1, -0.05) is 12.1 Å². The van der Waals surface area contributed by atoms with Gasteiger partial charge < -0.3 is 42.3 Å². The van der Waals surface area contributed by atoms with Crippen molar-refractivity contribution >= 4 is 47.2 Å². The molecule has 0 saturated carbocycles. The predicted octanol–water partition coefficient (Wildman–Crippen LogP) is -2.62. The monoisotopic (exact) mass is 577 g/mol. The standard InChI is InChI=1S/C25H35N7O7S/c1-14(29-20(34)10-26)23(37)28-11-21(35)32-13-40-12-19(32)25(39)31-8-2-3-18(31)24(38)30-17(22(27)36)9-15-4-6-16(33)7-5-15/h4-7,14,17-19,33H,2-3,8-13,26H2,1H3,(H2,27,36)(H,28,37)(H,29,34)(H,30,38)/t14-,17-,18-,19-/m0/s1. The van der Waals surface area contributed by atoms with Crippen LogP contribution in [0.25, 0.3) is 0 Å². The summed E-state index contributed by atoms with van der Waals surface area (Å²) in [6.45, 7) is 1.13. The van der Waals surface area contributed by atoms with Crippen LogP contribution in [0.5, 0.6) is 5.75 Å². The smallest absolute Gasteiger partial charge is 0.246 e. The van der Waals surface area contributed by atoms with E-state index in [1.165, 1.54) is 40.6 Å². The number of rotatable bonds is 11. The molecule has 8 N–H and O–H groups in total. The van der Waals surface area contributed by atoms with Crippen molar-refractivity contribution in [1.29, 1.82) is 0 Å². The summed E-state index contributed by atoms with van der Waals surface area (Å²) in [4.78, 5) is 78.0. The average molecular weight is 578 g/mol. The summed E-state index contributed by atoms with van der Waals surface area (Å²) in [5.74, 6) is -2.56. The normalized spacial score (nSPS) is 19.9. The molecule has 0 radical (unpaired) electrons. The highest BCUT2D eigenvalue weighted by molar-refractivity contribution is 7.99. The summed E-state index contributed by atoms with van der Waals surface area (Å²) in [6, 6.07) is 2.60. The van der Waals surface area contributed by atoms with E-state index in [0.717, 1.165) is 0 Å². The molecule has 2 aliphatic heterocycles. The summed E-state index contributed by atoms with van der Waals surface area (Å²) in [7, 11) is 0. The lowest BCUT2D eigenvalue weighted by molar-refractivity contribution is -0.146. The summed E-state index contributed by atoms with van der Waals surface area (Å²) in [6.07, 6.45) is 1.07. The third kappa shape index (κ3) is 7.85. The van der Waals surface area contributed by atoms with Crippen molar-refractivity contribution in [2.45, 2.75) is 50.4 Å². The summed E-state index contributed by atoms with van der Waals surface area (Å²) >= 11 is 1.38. The van der Waals surface area contributed by atoms with Gasteiger partial charge in [-0.25, -0.2) is 0 Å². The van der Waals surface area contributed by atoms with Gasteiger partial charge in [0.15, 0.2) is 0 Å². The van der Waals surface area contributed by atoms with Gasteiger partial charge in [0.1, 0.15) is 29.9 Å². The highest BCUT2D eigenvalue weighted by Crippen LogP contribution is 2.26. The minimum Gasteiger partial charge on any atom is -0.508 e. The maximum absolute atomic E-state index is 13.5. The first-order chi connectivity index (χ1) is 19.0. The van der Waals surface area contributed by atoms with E-state index in [1.807, 2.05) is 0 Å². The van der Waals surface area contributed by atoms with Crippen LogP contribution in [0, 0.1) is 0 Å². The zero-order valence-corrected chi connectivity index (χ0v) is 22.9. The first-order valence-corrected chi connectivity index (χ1v) is 14.0. The quantitative estimate of drug-likeness (QED) is 0.162. The Bertz CT molecular complexity index is 1130. The van der Waals surface area contributed by atoms with Crippen LogP contribution in [0.4, 0.5) is 0 Å². The number of hydrogen-bond donors (Lipinski definition) is 6. The highest BCUT2D eigenvalue weighted by atomic mass is 32.2. The molecule has 40 heavy (non-hydrogen) atoms. The van der Waals surface area contributed by atoms with Crippen LogP contribution in [0.3, 0.4) is 0 Å². The number of amides is 6. The topological polar surface area (TPSA) is 217 Å². The molecule has 2 heterocycles. The second-order valence-electron chi connectivity index (χ2n) is 9.61. The van der Waals surface area contributed by atoms with Crippen molar-refractivity contribution in [3.05, 3.63) is 29.8 Å². The number of nitrogens with one attached hydrogen (secondary N) is 3. The van der Waals surface area contributed by atoms with Crippen LogP contribution in [-0.2, 0) is 35.2 Å². The molecule has 0 aromatic heterocycles. The summed E-state index contributed by atoms with van der Waals surface area (Å²) in [5.41, 5.74) is 11.4. The van der Waals surface area contributed by atoms with Crippen LogP contribution in [0.15, 0.2) is 24.3 Å². The van der Waals surface area contributed by atoms with Crippen molar-refractivity contribution in [2.75, 3.05) is 31.3 Å². The van der Waals surface area contributed by atoms with Crippen LogP contribution >= 0.6 is 11.8 Å². The molecule has 0 spiro atoms. The van der Waals surface area contributed by atoms with Gasteiger partial charge in [-0.05, 0) is 37.5 Å². The van der Waals surface area contributed by atoms with Crippen LogP contribution < -0.4 is 27.4 Å². The van der Waals surface area contributed by atoms with E-state index in [1.54, 1.807) is 12.1 Å². The maximum Gasteiger partial charge on any atom is 0.246 e. The van der Waals surface area contributed by atoms with Crippen LogP contribution in [0.2, 0.25) is 0 Å². The van der Waals surface area contributed by atoms with Gasteiger partial charge in [0.2, 0.25) is 35.4 Å². The van der Waals surface area contributed by atoms with Crippen molar-refractivity contribution in [1.82, 2.24) is 25.8 Å². The second kappa shape index (κ2) is 14.0. The molecular formula is C25H35N7O7S. The number of phenols is 1. The predicted molar refractivity (Wildman–Crippen MR) is 145 cm³/mol. The Morgan fingerprint density at radius 3 is 2.42 bits per heavy atom. The number of hydrogen-bond acceptors (Lipinski definition) is 9. The molecule has 4 atom stereocenters. The van der Waals surface area contributed by atoms with Gasteiger partial charge in [-0.3, -0.25) is 28.8 Å². The fraction of sp³-hybridized carbons (Fsp3) is 0.520. The fourth-order valence-corrected chi connectivity index (χ4v) is 5.70. The van der Waals surface area contributed by atoms with Crippen molar-refractivity contribution in [3.8, 4) is 5.75 Å². The van der Waals surface area contributed by atoms with E-state index in [4.69, 9.17) is 11.5 Å². The molecule has 2 saturated heterocycles. The van der Waals surface area contributed by atoms with Gasteiger partial charge in [0.25, 0.3) is 0 Å². The lowest BCUT2D eigenvalue weighted by Crippen LogP contribution is -2.57.